The zero-order chi connectivity index (χ0) is 21.1. The van der Waals surface area contributed by atoms with Gasteiger partial charge in [0.1, 0.15) is 6.61 Å². The number of phenols is 1. The minimum atomic E-state index is -0.666. The molecule has 0 aromatic heterocycles. The molecule has 3 rings (SSSR count). The van der Waals surface area contributed by atoms with Crippen LogP contribution in [0.1, 0.15) is 37.7 Å². The molecule has 0 unspecified atom stereocenters. The molecule has 7 nitrogen and oxygen atoms in total. The smallest absolute Gasteiger partial charge is 0.336 e. The number of hydrogen-bond donors (Lipinski definition) is 2. The van der Waals surface area contributed by atoms with Gasteiger partial charge in [-0.25, -0.2) is 4.79 Å². The number of hydrogen-bond acceptors (Lipinski definition) is 7. The van der Waals surface area contributed by atoms with Crippen molar-refractivity contribution >= 4 is 23.4 Å². The quantitative estimate of drug-likeness (QED) is 0.538. The van der Waals surface area contributed by atoms with Gasteiger partial charge in [0.05, 0.1) is 24.3 Å². The van der Waals surface area contributed by atoms with E-state index >= 15 is 0 Å². The minimum absolute atomic E-state index is 0.0263. The number of dihydropyridines is 1. The number of phenolic OH excluding ortho intramolecular Hbond substituents is 1. The summed E-state index contributed by atoms with van der Waals surface area (Å²) in [7, 11) is 2.93. The molecule has 1 aromatic rings. The number of methoxy groups -OCH3 is 2. The van der Waals surface area contributed by atoms with Crippen LogP contribution in [-0.4, -0.2) is 44.3 Å². The SMILES string of the molecule is COCCOC(=O)C1=C(C)NC2=C(C(=O)CCC2)[C@H]1c1cc(Cl)c(O)c(OC)c1. The molecule has 1 heterocycles. The number of allylic oxidation sites excluding steroid dienone is 3. The molecule has 0 amide bonds. The molecule has 1 aliphatic heterocycles. The van der Waals surface area contributed by atoms with Gasteiger partial charge in [-0.05, 0) is 37.5 Å². The maximum Gasteiger partial charge on any atom is 0.336 e. The molecule has 0 spiro atoms. The van der Waals surface area contributed by atoms with E-state index in [-0.39, 0.29) is 35.5 Å². The summed E-state index contributed by atoms with van der Waals surface area (Å²) < 4.78 is 15.5. The molecule has 0 bridgehead atoms. The standard InChI is InChI=1S/C21H24ClNO6/c1-11-17(21(26)29-8-7-27-2)18(19-14(23-11)5-4-6-15(19)24)12-9-13(22)20(25)16(10-12)28-3/h9-10,18,23,25H,4-8H2,1-3H3/t18-/m0/s1. The van der Waals surface area contributed by atoms with Gasteiger partial charge in [0.15, 0.2) is 17.3 Å². The molecule has 8 heteroatoms. The van der Waals surface area contributed by atoms with Gasteiger partial charge in [0.2, 0.25) is 0 Å². The molecule has 1 aliphatic carbocycles. The highest BCUT2D eigenvalue weighted by atomic mass is 35.5. The van der Waals surface area contributed by atoms with Crippen molar-refractivity contribution in [2.75, 3.05) is 27.4 Å². The summed E-state index contributed by atoms with van der Waals surface area (Å²) in [6.45, 7) is 2.14. The fourth-order valence-electron chi connectivity index (χ4n) is 3.80. The van der Waals surface area contributed by atoms with Crippen LogP contribution in [0.5, 0.6) is 11.5 Å². The number of nitrogens with one attached hydrogen (secondary N) is 1. The van der Waals surface area contributed by atoms with Gasteiger partial charge < -0.3 is 24.6 Å². The van der Waals surface area contributed by atoms with Gasteiger partial charge in [-0.15, -0.1) is 0 Å². The van der Waals surface area contributed by atoms with Crippen LogP contribution in [-0.2, 0) is 19.1 Å². The number of esters is 1. The van der Waals surface area contributed by atoms with E-state index in [4.69, 9.17) is 25.8 Å². The number of ether oxygens (including phenoxy) is 3. The third kappa shape index (κ3) is 4.11. The first kappa shape index (κ1) is 21.2. The summed E-state index contributed by atoms with van der Waals surface area (Å²) in [5.41, 5.74) is 2.87. The van der Waals surface area contributed by atoms with E-state index in [2.05, 4.69) is 5.32 Å². The summed E-state index contributed by atoms with van der Waals surface area (Å²) in [6, 6.07) is 3.15. The third-order valence-corrected chi connectivity index (χ3v) is 5.41. The van der Waals surface area contributed by atoms with E-state index in [1.54, 1.807) is 19.1 Å². The molecule has 2 N–H and O–H groups in total. The summed E-state index contributed by atoms with van der Waals surface area (Å²) in [4.78, 5) is 25.8. The van der Waals surface area contributed by atoms with E-state index in [1.165, 1.54) is 14.2 Å². The van der Waals surface area contributed by atoms with Crippen LogP contribution in [0.2, 0.25) is 5.02 Å². The Bertz CT molecular complexity index is 905. The Balaban J connectivity index is 2.13. The number of ketones is 1. The average molecular weight is 422 g/mol. The van der Waals surface area contributed by atoms with Gasteiger partial charge in [-0.1, -0.05) is 11.6 Å². The second kappa shape index (κ2) is 8.88. The molecular weight excluding hydrogens is 398 g/mol. The van der Waals surface area contributed by atoms with Crippen molar-refractivity contribution in [1.29, 1.82) is 0 Å². The number of benzene rings is 1. The summed E-state index contributed by atoms with van der Waals surface area (Å²) in [6.07, 6.45) is 1.87. The van der Waals surface area contributed by atoms with Crippen LogP contribution >= 0.6 is 11.6 Å². The number of carbonyl (C=O) groups is 2. The van der Waals surface area contributed by atoms with Crippen LogP contribution in [0.25, 0.3) is 0 Å². The van der Waals surface area contributed by atoms with E-state index in [0.29, 0.717) is 35.2 Å². The molecule has 0 fully saturated rings. The van der Waals surface area contributed by atoms with Gasteiger partial charge in [0, 0.05) is 36.4 Å². The largest absolute Gasteiger partial charge is 0.503 e. The molecule has 2 aliphatic rings. The highest BCUT2D eigenvalue weighted by Crippen LogP contribution is 2.46. The maximum atomic E-state index is 12.9. The Kier molecular flexibility index (Phi) is 6.49. The Morgan fingerprint density at radius 3 is 2.72 bits per heavy atom. The Labute approximate surface area is 174 Å². The van der Waals surface area contributed by atoms with Crippen molar-refractivity contribution in [2.45, 2.75) is 32.1 Å². The fourth-order valence-corrected chi connectivity index (χ4v) is 4.02. The molecule has 29 heavy (non-hydrogen) atoms. The van der Waals surface area contributed by atoms with Crippen LogP contribution in [0.3, 0.4) is 0 Å². The molecule has 1 aromatic carbocycles. The monoisotopic (exact) mass is 421 g/mol. The summed E-state index contributed by atoms with van der Waals surface area (Å²) in [5, 5.41) is 13.4. The highest BCUT2D eigenvalue weighted by molar-refractivity contribution is 6.32. The minimum Gasteiger partial charge on any atom is -0.503 e. The van der Waals surface area contributed by atoms with E-state index in [1.807, 2.05) is 0 Å². The molecule has 0 saturated carbocycles. The first-order valence-electron chi connectivity index (χ1n) is 9.35. The Hall–Kier alpha value is -2.51. The molecule has 1 atom stereocenters. The van der Waals surface area contributed by atoms with Crippen molar-refractivity contribution in [3.8, 4) is 11.5 Å². The van der Waals surface area contributed by atoms with Gasteiger partial charge >= 0.3 is 5.97 Å². The van der Waals surface area contributed by atoms with Crippen molar-refractivity contribution in [1.82, 2.24) is 5.32 Å². The van der Waals surface area contributed by atoms with Gasteiger partial charge in [-0.2, -0.15) is 0 Å². The topological polar surface area (TPSA) is 94.1 Å². The normalized spacial score (nSPS) is 19.0. The zero-order valence-corrected chi connectivity index (χ0v) is 17.4. The van der Waals surface area contributed by atoms with Crippen molar-refractivity contribution in [3.63, 3.8) is 0 Å². The second-order valence-electron chi connectivity index (χ2n) is 6.95. The number of aromatic hydroxyl groups is 1. The van der Waals surface area contributed by atoms with Crippen molar-refractivity contribution in [3.05, 3.63) is 45.3 Å². The first-order chi connectivity index (χ1) is 13.9. The average Bonchev–Trinajstić information content (AvgIpc) is 2.69. The Morgan fingerprint density at radius 1 is 1.28 bits per heavy atom. The third-order valence-electron chi connectivity index (χ3n) is 5.12. The predicted molar refractivity (Wildman–Crippen MR) is 107 cm³/mol. The van der Waals surface area contributed by atoms with E-state index in [0.717, 1.165) is 12.1 Å². The molecule has 0 saturated heterocycles. The second-order valence-corrected chi connectivity index (χ2v) is 7.36. The van der Waals surface area contributed by atoms with E-state index in [9.17, 15) is 14.7 Å². The van der Waals surface area contributed by atoms with Crippen molar-refractivity contribution < 1.29 is 28.9 Å². The predicted octanol–water partition coefficient (Wildman–Crippen LogP) is 3.21. The molecular formula is C21H24ClNO6. The van der Waals surface area contributed by atoms with Crippen LogP contribution in [0, 0.1) is 0 Å². The lowest BCUT2D eigenvalue weighted by Gasteiger charge is -2.34. The van der Waals surface area contributed by atoms with Crippen LogP contribution in [0.15, 0.2) is 34.7 Å². The molecule has 156 valence electrons. The molecule has 0 radical (unpaired) electrons. The number of Topliss-reactive ketones (excluding diaryl/α,β-unsaturated/α-hetero) is 1. The van der Waals surface area contributed by atoms with Gasteiger partial charge in [-0.3, -0.25) is 4.79 Å². The summed E-state index contributed by atoms with van der Waals surface area (Å²) >= 11 is 6.20. The number of rotatable bonds is 6. The van der Waals surface area contributed by atoms with Crippen LogP contribution in [0.4, 0.5) is 0 Å². The number of carbonyl (C=O) groups excluding carboxylic acids is 2. The first-order valence-corrected chi connectivity index (χ1v) is 9.73. The van der Waals surface area contributed by atoms with Crippen LogP contribution < -0.4 is 10.1 Å². The Morgan fingerprint density at radius 2 is 2.03 bits per heavy atom. The lowest BCUT2D eigenvalue weighted by molar-refractivity contribution is -0.140. The van der Waals surface area contributed by atoms with Crippen molar-refractivity contribution in [2.24, 2.45) is 0 Å². The lowest BCUT2D eigenvalue weighted by Crippen LogP contribution is -2.34. The maximum absolute atomic E-state index is 12.9. The lowest BCUT2D eigenvalue weighted by atomic mass is 9.75. The highest BCUT2D eigenvalue weighted by Gasteiger charge is 2.39. The zero-order valence-electron chi connectivity index (χ0n) is 16.6. The fraction of sp³-hybridized carbons (Fsp3) is 0.429. The van der Waals surface area contributed by atoms with Gasteiger partial charge in [0.25, 0.3) is 0 Å². The number of halogens is 1. The van der Waals surface area contributed by atoms with E-state index < -0.39 is 11.9 Å². The summed E-state index contributed by atoms with van der Waals surface area (Å²) in [5.74, 6) is -1.25.